The van der Waals surface area contributed by atoms with Crippen LogP contribution in [0.2, 0.25) is 0 Å². The largest absolute Gasteiger partial charge is 0.441 e. The number of hydrogen-bond donors (Lipinski definition) is 0. The second-order valence-corrected chi connectivity index (χ2v) is 9.99. The summed E-state index contributed by atoms with van der Waals surface area (Å²) in [5, 5.41) is 0. The van der Waals surface area contributed by atoms with Crippen molar-refractivity contribution in [3.8, 4) is 56.2 Å². The minimum absolute atomic E-state index is 0.702. The van der Waals surface area contributed by atoms with Gasteiger partial charge in [-0.05, 0) is 40.5 Å². The first kappa shape index (κ1) is 24.7. The Labute approximate surface area is 239 Å². The topological polar surface area (TPSA) is 51.8 Å². The van der Waals surface area contributed by atoms with Gasteiger partial charge in [0.1, 0.15) is 5.52 Å². The van der Waals surface area contributed by atoms with Crippen molar-refractivity contribution in [2.75, 3.05) is 0 Å². The Bertz CT molecular complexity index is 1940. The van der Waals surface area contributed by atoms with E-state index in [9.17, 15) is 0 Å². The van der Waals surface area contributed by atoms with Crippen LogP contribution in [0.1, 0.15) is 12.8 Å². The summed E-state index contributed by atoms with van der Waals surface area (Å²) in [7, 11) is 0. The molecule has 0 fully saturated rings. The van der Waals surface area contributed by atoms with Gasteiger partial charge in [-0.1, -0.05) is 122 Å². The molecule has 0 bridgehead atoms. The maximum Gasteiger partial charge on any atom is 0.195 e. The predicted molar refractivity (Wildman–Crippen MR) is 166 cm³/mol. The van der Waals surface area contributed by atoms with Crippen LogP contribution in [0.15, 0.2) is 138 Å². The molecular weight excluding hydrogens is 502 g/mol. The van der Waals surface area contributed by atoms with Gasteiger partial charge >= 0.3 is 0 Å². The fourth-order valence-electron chi connectivity index (χ4n) is 5.06. The van der Waals surface area contributed by atoms with Crippen molar-refractivity contribution < 1.29 is 4.42 Å². The molecule has 41 heavy (non-hydrogen) atoms. The van der Waals surface area contributed by atoms with Gasteiger partial charge in [0.05, 0.1) is 11.4 Å². The standard InChI is InChI=1S/C37H27N3O/c1-2-36-38-34-23-31(21-22-35(34)41-36)27-13-17-29(18-14-27)33-24-32(28-11-7-4-8-12-28)39-37(40-33)30-19-15-26(16-20-30)25-9-5-3-6-10-25/h3-24H,2H2,1H3. The number of oxazole rings is 1. The Hall–Kier alpha value is -5.35. The Balaban J connectivity index is 1.26. The minimum Gasteiger partial charge on any atom is -0.441 e. The summed E-state index contributed by atoms with van der Waals surface area (Å²) in [6.45, 7) is 2.05. The summed E-state index contributed by atoms with van der Waals surface area (Å²) >= 11 is 0. The Morgan fingerprint density at radius 2 is 0.951 bits per heavy atom. The quantitative estimate of drug-likeness (QED) is 0.215. The van der Waals surface area contributed by atoms with E-state index in [1.807, 2.05) is 37.3 Å². The molecule has 0 aliphatic carbocycles. The lowest BCUT2D eigenvalue weighted by Crippen LogP contribution is -1.96. The zero-order valence-electron chi connectivity index (χ0n) is 22.7. The molecule has 0 saturated carbocycles. The van der Waals surface area contributed by atoms with Crippen molar-refractivity contribution in [1.82, 2.24) is 15.0 Å². The number of rotatable bonds is 6. The molecule has 0 unspecified atom stereocenters. The molecule has 7 rings (SSSR count). The Morgan fingerprint density at radius 3 is 1.59 bits per heavy atom. The van der Waals surface area contributed by atoms with E-state index in [1.165, 1.54) is 11.1 Å². The van der Waals surface area contributed by atoms with Gasteiger partial charge in [0.2, 0.25) is 0 Å². The first-order chi connectivity index (χ1) is 20.2. The van der Waals surface area contributed by atoms with Crippen molar-refractivity contribution in [3.63, 3.8) is 0 Å². The highest BCUT2D eigenvalue weighted by molar-refractivity contribution is 5.81. The molecule has 4 nitrogen and oxygen atoms in total. The fourth-order valence-corrected chi connectivity index (χ4v) is 5.06. The first-order valence-corrected chi connectivity index (χ1v) is 13.8. The van der Waals surface area contributed by atoms with Gasteiger partial charge in [0.25, 0.3) is 0 Å². The average molecular weight is 530 g/mol. The molecule has 0 N–H and O–H groups in total. The Kier molecular flexibility index (Phi) is 6.42. The zero-order chi connectivity index (χ0) is 27.6. The zero-order valence-corrected chi connectivity index (χ0v) is 22.7. The molecule has 5 aromatic carbocycles. The number of benzene rings is 5. The third-order valence-corrected chi connectivity index (χ3v) is 7.29. The molecule has 2 aromatic heterocycles. The molecule has 0 aliphatic rings. The molecule has 196 valence electrons. The van der Waals surface area contributed by atoms with E-state index in [2.05, 4.69) is 108 Å². The average Bonchev–Trinajstić information content (AvgIpc) is 3.48. The van der Waals surface area contributed by atoms with Gasteiger partial charge in [0.15, 0.2) is 17.3 Å². The molecule has 2 heterocycles. The highest BCUT2D eigenvalue weighted by Crippen LogP contribution is 2.31. The SMILES string of the molecule is CCc1nc2cc(-c3ccc(-c4cc(-c5ccccc5)nc(-c5ccc(-c6ccccc6)cc5)n4)cc3)ccc2o1. The molecule has 0 saturated heterocycles. The number of aromatic nitrogens is 3. The van der Waals surface area contributed by atoms with E-state index >= 15 is 0 Å². The van der Waals surface area contributed by atoms with Gasteiger partial charge in [-0.25, -0.2) is 15.0 Å². The highest BCUT2D eigenvalue weighted by Gasteiger charge is 2.12. The minimum atomic E-state index is 0.702. The van der Waals surface area contributed by atoms with Crippen LogP contribution in [0.25, 0.3) is 67.3 Å². The number of fused-ring (bicyclic) bond motifs is 1. The molecule has 0 amide bonds. The second kappa shape index (κ2) is 10.7. The van der Waals surface area contributed by atoms with Crippen molar-refractivity contribution in [3.05, 3.63) is 139 Å². The Morgan fingerprint density at radius 1 is 0.463 bits per heavy atom. The number of hydrogen-bond acceptors (Lipinski definition) is 4. The van der Waals surface area contributed by atoms with E-state index in [-0.39, 0.29) is 0 Å². The van der Waals surface area contributed by atoms with Crippen LogP contribution in [-0.2, 0) is 6.42 Å². The summed E-state index contributed by atoms with van der Waals surface area (Å²) in [5.41, 5.74) is 11.1. The first-order valence-electron chi connectivity index (χ1n) is 13.8. The van der Waals surface area contributed by atoms with E-state index in [0.717, 1.165) is 62.6 Å². The third kappa shape index (κ3) is 5.04. The summed E-state index contributed by atoms with van der Waals surface area (Å²) in [6, 6.07) is 45.9. The molecule has 0 radical (unpaired) electrons. The monoisotopic (exact) mass is 529 g/mol. The van der Waals surface area contributed by atoms with Crippen LogP contribution in [0.3, 0.4) is 0 Å². The van der Waals surface area contributed by atoms with Gasteiger partial charge in [-0.3, -0.25) is 0 Å². The lowest BCUT2D eigenvalue weighted by Gasteiger charge is -2.11. The summed E-state index contributed by atoms with van der Waals surface area (Å²) in [6.07, 6.45) is 0.780. The van der Waals surface area contributed by atoms with Crippen LogP contribution in [0.4, 0.5) is 0 Å². The lowest BCUT2D eigenvalue weighted by atomic mass is 10.0. The van der Waals surface area contributed by atoms with E-state index in [0.29, 0.717) is 5.82 Å². The molecule has 0 atom stereocenters. The normalized spacial score (nSPS) is 11.1. The van der Waals surface area contributed by atoms with Crippen molar-refractivity contribution in [1.29, 1.82) is 0 Å². The molecule has 0 spiro atoms. The van der Waals surface area contributed by atoms with Gasteiger partial charge in [-0.15, -0.1) is 0 Å². The van der Waals surface area contributed by atoms with Crippen molar-refractivity contribution in [2.24, 2.45) is 0 Å². The van der Waals surface area contributed by atoms with Crippen LogP contribution in [-0.4, -0.2) is 15.0 Å². The van der Waals surface area contributed by atoms with Crippen molar-refractivity contribution >= 4 is 11.1 Å². The fraction of sp³-hybridized carbons (Fsp3) is 0.0541. The number of aryl methyl sites for hydroxylation is 1. The van der Waals surface area contributed by atoms with Gasteiger partial charge in [-0.2, -0.15) is 0 Å². The summed E-state index contributed by atoms with van der Waals surface area (Å²) in [4.78, 5) is 14.6. The summed E-state index contributed by atoms with van der Waals surface area (Å²) < 4.78 is 5.78. The second-order valence-electron chi connectivity index (χ2n) is 9.99. The van der Waals surface area contributed by atoms with E-state index in [1.54, 1.807) is 0 Å². The van der Waals surface area contributed by atoms with Crippen molar-refractivity contribution in [2.45, 2.75) is 13.3 Å². The van der Waals surface area contributed by atoms with Crippen LogP contribution >= 0.6 is 0 Å². The third-order valence-electron chi connectivity index (χ3n) is 7.29. The maximum atomic E-state index is 5.78. The van der Waals surface area contributed by atoms with Gasteiger partial charge < -0.3 is 4.42 Å². The summed E-state index contributed by atoms with van der Waals surface area (Å²) in [5.74, 6) is 1.46. The molecule has 4 heteroatoms. The van der Waals surface area contributed by atoms with Crippen LogP contribution in [0, 0.1) is 0 Å². The van der Waals surface area contributed by atoms with Crippen LogP contribution < -0.4 is 0 Å². The lowest BCUT2D eigenvalue weighted by molar-refractivity contribution is 0.538. The highest BCUT2D eigenvalue weighted by atomic mass is 16.3. The van der Waals surface area contributed by atoms with Crippen LogP contribution in [0.5, 0.6) is 0 Å². The maximum absolute atomic E-state index is 5.78. The predicted octanol–water partition coefficient (Wildman–Crippen LogP) is 9.52. The van der Waals surface area contributed by atoms with E-state index < -0.39 is 0 Å². The molecular formula is C37H27N3O. The smallest absolute Gasteiger partial charge is 0.195 e. The molecule has 7 aromatic rings. The molecule has 0 aliphatic heterocycles. The number of nitrogens with zero attached hydrogens (tertiary/aromatic N) is 3. The van der Waals surface area contributed by atoms with Gasteiger partial charge in [0, 0.05) is 23.1 Å². The van der Waals surface area contributed by atoms with E-state index in [4.69, 9.17) is 14.4 Å².